The molecule has 0 spiro atoms. The maximum atomic E-state index is 12.0. The van der Waals surface area contributed by atoms with Crippen molar-refractivity contribution < 1.29 is 43.2 Å². The summed E-state index contributed by atoms with van der Waals surface area (Å²) in [7, 11) is -4.35. The Morgan fingerprint density at radius 2 is 0.780 bits per heavy atom. The normalized spacial score (nSPS) is 12.3. The highest BCUT2D eigenvalue weighted by Gasteiger charge is 2.24. The summed E-state index contributed by atoms with van der Waals surface area (Å²) in [6.07, 6.45) is 36.7. The summed E-state index contributed by atoms with van der Waals surface area (Å²) in [6, 6.07) is 0. The molecule has 0 aromatic carbocycles. The first kappa shape index (κ1) is 57.1. The summed E-state index contributed by atoms with van der Waals surface area (Å²) in [5.74, 6) is 24.7. The van der Waals surface area contributed by atoms with Crippen LogP contribution in [0.4, 0.5) is 0 Å². The number of phosphoric acid groups is 1. The lowest BCUT2D eigenvalue weighted by molar-refractivity contribution is -0.369. The predicted octanol–water partition coefficient (Wildman–Crippen LogP) is 12.9. The Hall–Kier alpha value is -1.85. The van der Waals surface area contributed by atoms with Gasteiger partial charge in [0.05, 0.1) is 33.0 Å². The molecule has 0 heterocycles. The molecule has 0 fully saturated rings. The van der Waals surface area contributed by atoms with E-state index in [9.17, 15) is 9.46 Å². The summed E-state index contributed by atoms with van der Waals surface area (Å²) < 4.78 is 21.7. The van der Waals surface area contributed by atoms with Gasteiger partial charge >= 0.3 is 7.82 Å². The van der Waals surface area contributed by atoms with Gasteiger partial charge in [0.25, 0.3) is 0 Å². The highest BCUT2D eigenvalue weighted by Crippen LogP contribution is 2.43. The Kier molecular flexibility index (Phi) is 47.3. The second-order valence-corrected chi connectivity index (χ2v) is 16.8. The van der Waals surface area contributed by atoms with Gasteiger partial charge in [-0.15, -0.1) is 0 Å². The van der Waals surface area contributed by atoms with Crippen LogP contribution in [-0.4, -0.2) is 55.7 Å². The average Bonchev–Trinajstić information content (AvgIpc) is 3.23. The number of hydrogen-bond donors (Lipinski definition) is 2. The molecule has 0 aliphatic carbocycles. The van der Waals surface area contributed by atoms with E-state index in [2.05, 4.69) is 65.7 Å². The molecule has 0 aromatic heterocycles. The number of phosphoric ester groups is 1. The molecule has 0 bridgehead atoms. The van der Waals surface area contributed by atoms with Crippen molar-refractivity contribution in [2.24, 2.45) is 0 Å². The first-order valence-corrected chi connectivity index (χ1v) is 25.2. The van der Waals surface area contributed by atoms with Gasteiger partial charge in [0.2, 0.25) is 0 Å². The summed E-state index contributed by atoms with van der Waals surface area (Å²) in [5, 5.41) is 8.88. The molecule has 0 aliphatic heterocycles. The minimum Gasteiger partial charge on any atom is -0.394 e. The molecule has 0 saturated heterocycles. The molecule has 0 aromatic rings. The largest absolute Gasteiger partial charge is 0.472 e. The Balaban J connectivity index is 3.95. The second kappa shape index (κ2) is 48.8. The third-order valence-electron chi connectivity index (χ3n) is 9.66. The van der Waals surface area contributed by atoms with Crippen molar-refractivity contribution in [2.45, 2.75) is 225 Å². The fourth-order valence-electron chi connectivity index (χ4n) is 6.09. The first-order valence-electron chi connectivity index (χ1n) is 23.7. The zero-order chi connectivity index (χ0) is 42.8. The van der Waals surface area contributed by atoms with Crippen LogP contribution in [0.25, 0.3) is 0 Å². The Bertz CT molecular complexity index is 1200. The molecule has 59 heavy (non-hydrogen) atoms. The average molecular weight is 849 g/mol. The van der Waals surface area contributed by atoms with Crippen LogP contribution >= 0.6 is 7.82 Å². The van der Waals surface area contributed by atoms with Crippen LogP contribution in [0.1, 0.15) is 219 Å². The van der Waals surface area contributed by atoms with E-state index in [0.717, 1.165) is 103 Å². The minimum absolute atomic E-state index is 0.0572. The number of hydrogen-bond acceptors (Lipinski definition) is 8. The maximum Gasteiger partial charge on any atom is 0.472 e. The molecule has 0 rings (SSSR count). The van der Waals surface area contributed by atoms with Gasteiger partial charge in [0.1, 0.15) is 12.7 Å². The molecule has 0 aliphatic rings. The highest BCUT2D eigenvalue weighted by molar-refractivity contribution is 7.47. The Labute approximate surface area is 362 Å². The number of unbranched alkanes of at least 4 members (excludes halogenated alkanes) is 28. The number of aliphatic hydroxyl groups excluding tert-OH is 1. The van der Waals surface area contributed by atoms with E-state index in [4.69, 9.17) is 29.2 Å². The van der Waals surface area contributed by atoms with Gasteiger partial charge in [-0.1, -0.05) is 179 Å². The molecule has 9 nitrogen and oxygen atoms in total. The van der Waals surface area contributed by atoms with E-state index in [0.29, 0.717) is 13.2 Å². The molecule has 2 N–H and O–H groups in total. The van der Waals surface area contributed by atoms with Crippen molar-refractivity contribution in [1.82, 2.24) is 0 Å². The molecule has 0 amide bonds. The van der Waals surface area contributed by atoms with Gasteiger partial charge in [-0.05, 0) is 62.2 Å². The molecule has 1 unspecified atom stereocenters. The monoisotopic (exact) mass is 849 g/mol. The molecule has 0 radical (unpaired) electrons. The quantitative estimate of drug-likeness (QED) is 0.0204. The summed E-state index contributed by atoms with van der Waals surface area (Å²) in [4.78, 5) is 31.2. The van der Waals surface area contributed by atoms with Crippen LogP contribution in [0.2, 0.25) is 0 Å². The van der Waals surface area contributed by atoms with Crippen LogP contribution < -0.4 is 0 Å². The molecular weight excluding hydrogens is 764 g/mol. The maximum absolute atomic E-state index is 12.0. The van der Waals surface area contributed by atoms with Crippen molar-refractivity contribution in [3.8, 4) is 47.4 Å². The zero-order valence-corrected chi connectivity index (χ0v) is 38.5. The summed E-state index contributed by atoms with van der Waals surface area (Å²) in [6.45, 7) is 4.22. The summed E-state index contributed by atoms with van der Waals surface area (Å²) in [5.41, 5.74) is 0. The Morgan fingerprint density at radius 1 is 0.424 bits per heavy atom. The van der Waals surface area contributed by atoms with E-state index in [1.54, 1.807) is 0 Å². The van der Waals surface area contributed by atoms with Crippen molar-refractivity contribution in [1.29, 1.82) is 0 Å². The van der Waals surface area contributed by atoms with E-state index >= 15 is 0 Å². The molecule has 0 saturated carbocycles. The van der Waals surface area contributed by atoms with Crippen molar-refractivity contribution in [3.63, 3.8) is 0 Å². The van der Waals surface area contributed by atoms with Crippen LogP contribution in [0, 0.1) is 47.4 Å². The topological polar surface area (TPSA) is 113 Å². The minimum atomic E-state index is -4.35. The third kappa shape index (κ3) is 48.7. The first-order chi connectivity index (χ1) is 29.1. The zero-order valence-electron chi connectivity index (χ0n) is 37.6. The van der Waals surface area contributed by atoms with E-state index in [1.807, 2.05) is 0 Å². The van der Waals surface area contributed by atoms with Crippen LogP contribution in [0.15, 0.2) is 0 Å². The van der Waals surface area contributed by atoms with Crippen molar-refractivity contribution in [2.75, 3.05) is 39.6 Å². The fraction of sp³-hybridized carbons (Fsp3) is 0.837. The fourth-order valence-corrected chi connectivity index (χ4v) is 6.83. The van der Waals surface area contributed by atoms with Crippen LogP contribution in [-0.2, 0) is 33.2 Å². The lowest BCUT2D eigenvalue weighted by atomic mass is 10.1. The van der Waals surface area contributed by atoms with Gasteiger partial charge in [0.15, 0.2) is 0 Å². The smallest absolute Gasteiger partial charge is 0.394 e. The van der Waals surface area contributed by atoms with Crippen LogP contribution in [0.5, 0.6) is 0 Å². The van der Waals surface area contributed by atoms with Gasteiger partial charge in [-0.3, -0.25) is 9.05 Å². The lowest BCUT2D eigenvalue weighted by Crippen LogP contribution is -2.26. The number of aliphatic hydroxyl groups is 1. The van der Waals surface area contributed by atoms with Gasteiger partial charge in [0, 0.05) is 25.7 Å². The Morgan fingerprint density at radius 3 is 1.17 bits per heavy atom. The predicted molar refractivity (Wildman–Crippen MR) is 242 cm³/mol. The third-order valence-corrected chi connectivity index (χ3v) is 10.6. The van der Waals surface area contributed by atoms with Gasteiger partial charge in [-0.25, -0.2) is 24.1 Å². The van der Waals surface area contributed by atoms with E-state index in [-0.39, 0.29) is 19.8 Å². The molecule has 340 valence electrons. The SMILES string of the molecule is CCCCCCCCCCC#CC#CCCCCCCCCOOC[C@H](COP(=O)(O)OCCO)OOCCCCCCCCC#CC#CCCCCCCCCCC. The van der Waals surface area contributed by atoms with E-state index in [1.165, 1.54) is 103 Å². The summed E-state index contributed by atoms with van der Waals surface area (Å²) >= 11 is 0. The van der Waals surface area contributed by atoms with Gasteiger partial charge in [-0.2, -0.15) is 0 Å². The van der Waals surface area contributed by atoms with Crippen LogP contribution in [0.3, 0.4) is 0 Å². The molecular formula is C49H85O9P. The second-order valence-electron chi connectivity index (χ2n) is 15.4. The number of rotatable bonds is 43. The van der Waals surface area contributed by atoms with Gasteiger partial charge < -0.3 is 10.00 Å². The highest BCUT2D eigenvalue weighted by atomic mass is 31.2. The van der Waals surface area contributed by atoms with Crippen molar-refractivity contribution in [3.05, 3.63) is 0 Å². The molecule has 2 atom stereocenters. The molecule has 10 heteroatoms. The van der Waals surface area contributed by atoms with E-state index < -0.39 is 20.5 Å². The van der Waals surface area contributed by atoms with Crippen molar-refractivity contribution >= 4 is 7.82 Å². The standard InChI is InChI=1S/C49H85O9P/c1-3-5-7-9-11-13-15-17-19-21-23-25-27-29-31-33-35-37-39-41-44-53-55-47-49(48-57-59(51,52)56-46-43-50)58-54-45-42-40-38-36-34-32-30-28-26-24-22-20-18-16-14-12-10-8-6-4-2/h49-50H,3-20,29-48H2,1-2H3,(H,51,52)/t49-/m1/s1. The lowest BCUT2D eigenvalue weighted by Gasteiger charge is -2.18.